The molecule has 0 bridgehead atoms. The summed E-state index contributed by atoms with van der Waals surface area (Å²) in [7, 11) is 0. The molecular weight excluding hydrogens is 266 g/mol. The van der Waals surface area contributed by atoms with E-state index in [1.807, 2.05) is 24.3 Å². The summed E-state index contributed by atoms with van der Waals surface area (Å²) < 4.78 is 0.993. The molecule has 0 N–H and O–H groups in total. The lowest BCUT2D eigenvalue weighted by Crippen LogP contribution is -2.03. The molecule has 2 aromatic rings. The van der Waals surface area contributed by atoms with Crippen LogP contribution >= 0.6 is 15.9 Å². The zero-order valence-corrected chi connectivity index (χ0v) is 10.1. The van der Waals surface area contributed by atoms with Crippen molar-refractivity contribution in [1.29, 1.82) is 0 Å². The third-order valence-corrected chi connectivity index (χ3v) is 2.75. The second-order valence-electron chi connectivity index (χ2n) is 3.47. The Morgan fingerprint density at radius 3 is 2.62 bits per heavy atom. The zero-order chi connectivity index (χ0) is 11.4. The van der Waals surface area contributed by atoms with Crippen LogP contribution in [0.5, 0.6) is 0 Å². The second-order valence-corrected chi connectivity index (χ2v) is 4.38. The predicted octanol–water partition coefficient (Wildman–Crippen LogP) is 3.27. The van der Waals surface area contributed by atoms with Gasteiger partial charge in [-0.2, -0.15) is 0 Å². The second kappa shape index (κ2) is 5.03. The Balaban J connectivity index is 2.14. The lowest BCUT2D eigenvalue weighted by Gasteiger charge is -2.01. The van der Waals surface area contributed by atoms with Crippen molar-refractivity contribution in [3.63, 3.8) is 0 Å². The number of hydrogen-bond donors (Lipinski definition) is 0. The summed E-state index contributed by atoms with van der Waals surface area (Å²) in [5.41, 5.74) is 1.71. The number of halogens is 1. The van der Waals surface area contributed by atoms with Crippen LogP contribution in [-0.4, -0.2) is 10.8 Å². The van der Waals surface area contributed by atoms with Gasteiger partial charge in [0, 0.05) is 28.9 Å². The van der Waals surface area contributed by atoms with Crippen LogP contribution in [0.25, 0.3) is 0 Å². The van der Waals surface area contributed by atoms with E-state index in [1.165, 1.54) is 0 Å². The zero-order valence-electron chi connectivity index (χ0n) is 8.56. The van der Waals surface area contributed by atoms with Gasteiger partial charge in [-0.25, -0.2) is 0 Å². The van der Waals surface area contributed by atoms with E-state index < -0.39 is 0 Å². The van der Waals surface area contributed by atoms with Crippen molar-refractivity contribution in [3.05, 3.63) is 64.4 Å². The Labute approximate surface area is 102 Å². The summed E-state index contributed by atoms with van der Waals surface area (Å²) in [6, 6.07) is 11.3. The average molecular weight is 276 g/mol. The highest BCUT2D eigenvalue weighted by atomic mass is 79.9. The highest BCUT2D eigenvalue weighted by molar-refractivity contribution is 9.10. The van der Waals surface area contributed by atoms with Crippen molar-refractivity contribution in [1.82, 2.24) is 4.98 Å². The van der Waals surface area contributed by atoms with Crippen molar-refractivity contribution in [3.8, 4) is 0 Å². The molecular formula is C13H10BrNO. The first-order valence-electron chi connectivity index (χ1n) is 4.93. The third-order valence-electron chi connectivity index (χ3n) is 2.26. The number of Topliss-reactive ketones (excluding diaryl/α,β-unsaturated/α-hetero) is 1. The Bertz CT molecular complexity index is 496. The van der Waals surface area contributed by atoms with Crippen LogP contribution in [0.2, 0.25) is 0 Å². The minimum Gasteiger partial charge on any atom is -0.294 e. The molecule has 0 saturated heterocycles. The molecule has 1 aromatic heterocycles. The maximum atomic E-state index is 11.9. The predicted molar refractivity (Wildman–Crippen MR) is 66.4 cm³/mol. The fraction of sp³-hybridized carbons (Fsp3) is 0.0769. The lowest BCUT2D eigenvalue weighted by molar-refractivity contribution is 0.0993. The fourth-order valence-corrected chi connectivity index (χ4v) is 1.92. The van der Waals surface area contributed by atoms with Gasteiger partial charge in [-0.05, 0) is 29.8 Å². The van der Waals surface area contributed by atoms with E-state index >= 15 is 0 Å². The van der Waals surface area contributed by atoms with E-state index in [9.17, 15) is 4.79 Å². The van der Waals surface area contributed by atoms with Crippen LogP contribution in [0.15, 0.2) is 53.3 Å². The number of rotatable bonds is 3. The molecule has 2 nitrogen and oxygen atoms in total. The first-order chi connectivity index (χ1) is 7.75. The number of carbonyl (C=O) groups excluding carboxylic acids is 1. The number of aromatic nitrogens is 1. The van der Waals surface area contributed by atoms with Crippen molar-refractivity contribution >= 4 is 21.7 Å². The van der Waals surface area contributed by atoms with Crippen LogP contribution in [0.4, 0.5) is 0 Å². The molecule has 0 atom stereocenters. The van der Waals surface area contributed by atoms with E-state index in [0.717, 1.165) is 10.0 Å². The molecule has 2 rings (SSSR count). The van der Waals surface area contributed by atoms with Crippen molar-refractivity contribution in [2.45, 2.75) is 6.42 Å². The lowest BCUT2D eigenvalue weighted by atomic mass is 10.0. The van der Waals surface area contributed by atoms with Crippen LogP contribution in [0, 0.1) is 0 Å². The number of pyridine rings is 1. The van der Waals surface area contributed by atoms with Crippen molar-refractivity contribution in [2.75, 3.05) is 0 Å². The van der Waals surface area contributed by atoms with E-state index in [4.69, 9.17) is 0 Å². The van der Waals surface area contributed by atoms with Gasteiger partial charge < -0.3 is 0 Å². The normalized spacial score (nSPS) is 10.1. The van der Waals surface area contributed by atoms with Crippen LogP contribution in [-0.2, 0) is 6.42 Å². The van der Waals surface area contributed by atoms with Crippen LogP contribution in [0.3, 0.4) is 0 Å². The van der Waals surface area contributed by atoms with Gasteiger partial charge in [-0.1, -0.05) is 28.1 Å². The molecule has 0 fully saturated rings. The first-order valence-corrected chi connectivity index (χ1v) is 5.72. The summed E-state index contributed by atoms with van der Waals surface area (Å²) in [6.07, 6.45) is 3.69. The quantitative estimate of drug-likeness (QED) is 0.805. The summed E-state index contributed by atoms with van der Waals surface area (Å²) in [5, 5.41) is 0. The molecule has 0 radical (unpaired) electrons. The highest BCUT2D eigenvalue weighted by Crippen LogP contribution is 2.13. The molecule has 0 aliphatic rings. The first kappa shape index (κ1) is 11.0. The molecule has 0 aliphatic heterocycles. The number of nitrogens with zero attached hydrogens (tertiary/aromatic N) is 1. The molecule has 1 heterocycles. The molecule has 3 heteroatoms. The van der Waals surface area contributed by atoms with Gasteiger partial charge in [-0.15, -0.1) is 0 Å². The number of hydrogen-bond acceptors (Lipinski definition) is 2. The van der Waals surface area contributed by atoms with Gasteiger partial charge >= 0.3 is 0 Å². The Kier molecular flexibility index (Phi) is 3.47. The maximum Gasteiger partial charge on any atom is 0.167 e. The van der Waals surface area contributed by atoms with E-state index in [-0.39, 0.29) is 5.78 Å². The largest absolute Gasteiger partial charge is 0.294 e. The highest BCUT2D eigenvalue weighted by Gasteiger charge is 2.06. The van der Waals surface area contributed by atoms with Gasteiger partial charge in [0.2, 0.25) is 0 Å². The summed E-state index contributed by atoms with van der Waals surface area (Å²) in [4.78, 5) is 15.8. The van der Waals surface area contributed by atoms with Crippen molar-refractivity contribution in [2.24, 2.45) is 0 Å². The Hall–Kier alpha value is -1.48. The Morgan fingerprint density at radius 2 is 1.94 bits per heavy atom. The number of ketones is 1. The topological polar surface area (TPSA) is 30.0 Å². The van der Waals surface area contributed by atoms with Gasteiger partial charge in [0.05, 0.1) is 0 Å². The standard InChI is InChI=1S/C13H10BrNO/c14-12-3-1-2-10(8-12)9-13(16)11-4-6-15-7-5-11/h1-8H,9H2. The maximum absolute atomic E-state index is 11.9. The molecule has 0 aliphatic carbocycles. The van der Waals surface area contributed by atoms with Crippen LogP contribution < -0.4 is 0 Å². The van der Waals surface area contributed by atoms with E-state index in [0.29, 0.717) is 12.0 Å². The van der Waals surface area contributed by atoms with E-state index in [1.54, 1.807) is 24.5 Å². The SMILES string of the molecule is O=C(Cc1cccc(Br)c1)c1ccncc1. The number of benzene rings is 1. The van der Waals surface area contributed by atoms with Gasteiger partial charge in [0.15, 0.2) is 5.78 Å². The minimum absolute atomic E-state index is 0.112. The molecule has 1 aromatic carbocycles. The molecule has 0 spiro atoms. The monoisotopic (exact) mass is 275 g/mol. The molecule has 16 heavy (non-hydrogen) atoms. The Morgan fingerprint density at radius 1 is 1.19 bits per heavy atom. The van der Waals surface area contributed by atoms with Crippen LogP contribution in [0.1, 0.15) is 15.9 Å². The summed E-state index contributed by atoms with van der Waals surface area (Å²) in [6.45, 7) is 0. The fourth-order valence-electron chi connectivity index (χ4n) is 1.47. The average Bonchev–Trinajstić information content (AvgIpc) is 2.30. The molecule has 80 valence electrons. The summed E-state index contributed by atoms with van der Waals surface area (Å²) in [5.74, 6) is 0.112. The molecule has 0 amide bonds. The number of carbonyl (C=O) groups is 1. The molecule has 0 unspecified atom stereocenters. The van der Waals surface area contributed by atoms with E-state index in [2.05, 4.69) is 20.9 Å². The van der Waals surface area contributed by atoms with Crippen molar-refractivity contribution < 1.29 is 4.79 Å². The van der Waals surface area contributed by atoms with Gasteiger partial charge in [0.1, 0.15) is 0 Å². The third kappa shape index (κ3) is 2.76. The van der Waals surface area contributed by atoms with Gasteiger partial charge in [-0.3, -0.25) is 9.78 Å². The smallest absolute Gasteiger partial charge is 0.167 e. The summed E-state index contributed by atoms with van der Waals surface area (Å²) >= 11 is 3.39. The minimum atomic E-state index is 0.112. The van der Waals surface area contributed by atoms with Gasteiger partial charge in [0.25, 0.3) is 0 Å². The molecule has 0 saturated carbocycles.